The van der Waals surface area contributed by atoms with Gasteiger partial charge in [-0.1, -0.05) is 0 Å². The van der Waals surface area contributed by atoms with Crippen molar-refractivity contribution in [2.45, 2.75) is 39.7 Å². The third kappa shape index (κ3) is 3.90. The summed E-state index contributed by atoms with van der Waals surface area (Å²) in [6, 6.07) is 1.57. The minimum Gasteiger partial charge on any atom is -0.465 e. The van der Waals surface area contributed by atoms with Crippen molar-refractivity contribution in [3.63, 3.8) is 0 Å². The molecule has 1 aromatic heterocycles. The molecule has 24 heavy (non-hydrogen) atoms. The predicted molar refractivity (Wildman–Crippen MR) is 86.9 cm³/mol. The molecule has 1 amide bonds. The van der Waals surface area contributed by atoms with Crippen molar-refractivity contribution in [3.05, 3.63) is 24.0 Å². The van der Waals surface area contributed by atoms with E-state index in [2.05, 4.69) is 4.98 Å². The summed E-state index contributed by atoms with van der Waals surface area (Å²) in [5.74, 6) is -1.91. The standard InChI is InChI=1S/C17H22N2O5/c1-5-23-15(21)11-7-9-19(16(22)24-17(2,3)4)13-6-8-18-10-12(13)14(11)20/h6,8,10-11H,5,7,9H2,1-4H3. The van der Waals surface area contributed by atoms with Crippen LogP contribution in [0.2, 0.25) is 0 Å². The molecule has 2 rings (SSSR count). The first-order chi connectivity index (χ1) is 11.2. The number of ketones is 1. The summed E-state index contributed by atoms with van der Waals surface area (Å²) >= 11 is 0. The molecule has 1 aromatic rings. The Labute approximate surface area is 140 Å². The summed E-state index contributed by atoms with van der Waals surface area (Å²) in [4.78, 5) is 42.6. The molecule has 0 fully saturated rings. The Morgan fingerprint density at radius 3 is 2.71 bits per heavy atom. The Bertz CT molecular complexity index is 651. The van der Waals surface area contributed by atoms with Gasteiger partial charge in [0.1, 0.15) is 11.5 Å². The van der Waals surface area contributed by atoms with Crippen molar-refractivity contribution in [3.8, 4) is 0 Å². The molecule has 0 saturated heterocycles. The number of carbonyl (C=O) groups is 3. The second-order valence-electron chi connectivity index (χ2n) is 6.48. The summed E-state index contributed by atoms with van der Waals surface area (Å²) in [5, 5.41) is 0. The number of hydrogen-bond acceptors (Lipinski definition) is 6. The Morgan fingerprint density at radius 2 is 2.08 bits per heavy atom. The van der Waals surface area contributed by atoms with Gasteiger partial charge in [-0.3, -0.25) is 19.5 Å². The molecule has 1 atom stereocenters. The highest BCUT2D eigenvalue weighted by Gasteiger charge is 2.37. The van der Waals surface area contributed by atoms with Crippen molar-refractivity contribution in [2.75, 3.05) is 18.1 Å². The average molecular weight is 334 g/mol. The zero-order chi connectivity index (χ0) is 17.9. The normalized spacial score (nSPS) is 17.8. The Morgan fingerprint density at radius 1 is 1.38 bits per heavy atom. The molecule has 0 aromatic carbocycles. The lowest BCUT2D eigenvalue weighted by atomic mass is 9.96. The van der Waals surface area contributed by atoms with E-state index < -0.39 is 23.6 Å². The summed E-state index contributed by atoms with van der Waals surface area (Å²) in [5.41, 5.74) is -0.0452. The van der Waals surface area contributed by atoms with Crippen molar-refractivity contribution < 1.29 is 23.9 Å². The van der Waals surface area contributed by atoms with Gasteiger partial charge in [-0.15, -0.1) is 0 Å². The minimum atomic E-state index is -0.944. The number of pyridine rings is 1. The first kappa shape index (κ1) is 17.9. The average Bonchev–Trinajstić information content (AvgIpc) is 2.63. The second-order valence-corrected chi connectivity index (χ2v) is 6.48. The lowest BCUT2D eigenvalue weighted by Gasteiger charge is -2.27. The first-order valence-corrected chi connectivity index (χ1v) is 7.90. The lowest BCUT2D eigenvalue weighted by molar-refractivity contribution is -0.146. The molecule has 7 heteroatoms. The topological polar surface area (TPSA) is 85.8 Å². The van der Waals surface area contributed by atoms with Crippen molar-refractivity contribution >= 4 is 23.5 Å². The maximum absolute atomic E-state index is 12.7. The molecule has 0 radical (unpaired) electrons. The van der Waals surface area contributed by atoms with Crippen molar-refractivity contribution in [1.29, 1.82) is 0 Å². The molecule has 1 aliphatic rings. The number of ether oxygens (including phenoxy) is 2. The van der Waals surface area contributed by atoms with Crippen LogP contribution in [0, 0.1) is 5.92 Å². The fourth-order valence-electron chi connectivity index (χ4n) is 2.48. The molecule has 7 nitrogen and oxygen atoms in total. The number of esters is 1. The quantitative estimate of drug-likeness (QED) is 0.610. The number of anilines is 1. The summed E-state index contributed by atoms with van der Waals surface area (Å²) in [7, 11) is 0. The number of nitrogens with zero attached hydrogens (tertiary/aromatic N) is 2. The smallest absolute Gasteiger partial charge is 0.414 e. The van der Waals surface area contributed by atoms with Crippen LogP contribution in [0.25, 0.3) is 0 Å². The zero-order valence-corrected chi connectivity index (χ0v) is 14.4. The number of rotatable bonds is 2. The SMILES string of the molecule is CCOC(=O)C1CCN(C(=O)OC(C)(C)C)c2ccncc2C1=O. The first-order valence-electron chi connectivity index (χ1n) is 7.90. The Hall–Kier alpha value is -2.44. The highest BCUT2D eigenvalue weighted by molar-refractivity contribution is 6.13. The van der Waals surface area contributed by atoms with Gasteiger partial charge < -0.3 is 9.47 Å². The van der Waals surface area contributed by atoms with Gasteiger partial charge in [-0.2, -0.15) is 0 Å². The molecule has 1 aliphatic heterocycles. The molecule has 0 bridgehead atoms. The molecule has 2 heterocycles. The van der Waals surface area contributed by atoms with Gasteiger partial charge in [-0.25, -0.2) is 4.79 Å². The number of aromatic nitrogens is 1. The molecule has 130 valence electrons. The van der Waals surface area contributed by atoms with E-state index in [-0.39, 0.29) is 30.9 Å². The highest BCUT2D eigenvalue weighted by atomic mass is 16.6. The van der Waals surface area contributed by atoms with Crippen molar-refractivity contribution in [2.24, 2.45) is 5.92 Å². The highest BCUT2D eigenvalue weighted by Crippen LogP contribution is 2.30. The molecular formula is C17H22N2O5. The van der Waals surface area contributed by atoms with E-state index in [0.717, 1.165) is 0 Å². The zero-order valence-electron chi connectivity index (χ0n) is 14.4. The van der Waals surface area contributed by atoms with Crippen LogP contribution in [0.5, 0.6) is 0 Å². The fraction of sp³-hybridized carbons (Fsp3) is 0.529. The van der Waals surface area contributed by atoms with Crippen LogP contribution in [-0.4, -0.2) is 41.6 Å². The van der Waals surface area contributed by atoms with E-state index in [0.29, 0.717) is 5.69 Å². The third-order valence-corrected chi connectivity index (χ3v) is 3.50. The van der Waals surface area contributed by atoms with E-state index >= 15 is 0 Å². The molecule has 0 saturated carbocycles. The van der Waals surface area contributed by atoms with E-state index in [1.165, 1.54) is 17.3 Å². The third-order valence-electron chi connectivity index (χ3n) is 3.50. The van der Waals surface area contributed by atoms with Crippen LogP contribution in [-0.2, 0) is 14.3 Å². The number of amides is 1. The van der Waals surface area contributed by atoms with E-state index in [9.17, 15) is 14.4 Å². The molecule has 0 N–H and O–H groups in total. The number of hydrogen-bond donors (Lipinski definition) is 0. The van der Waals surface area contributed by atoms with Crippen LogP contribution in [0.3, 0.4) is 0 Å². The summed E-state index contributed by atoms with van der Waals surface area (Å²) in [6.07, 6.45) is 2.47. The van der Waals surface area contributed by atoms with Crippen LogP contribution in [0.1, 0.15) is 44.5 Å². The van der Waals surface area contributed by atoms with Gasteiger partial charge in [0, 0.05) is 18.9 Å². The summed E-state index contributed by atoms with van der Waals surface area (Å²) < 4.78 is 10.4. The van der Waals surface area contributed by atoms with Gasteiger partial charge in [-0.05, 0) is 40.2 Å². The molecular weight excluding hydrogens is 312 g/mol. The van der Waals surface area contributed by atoms with Gasteiger partial charge in [0.15, 0.2) is 5.78 Å². The number of fused-ring (bicyclic) bond motifs is 1. The van der Waals surface area contributed by atoms with Crippen LogP contribution in [0.15, 0.2) is 18.5 Å². The summed E-state index contributed by atoms with van der Waals surface area (Å²) in [6.45, 7) is 7.36. The van der Waals surface area contributed by atoms with E-state index in [1.54, 1.807) is 33.8 Å². The van der Waals surface area contributed by atoms with E-state index in [4.69, 9.17) is 9.47 Å². The minimum absolute atomic E-state index is 0.172. The number of carbonyl (C=O) groups excluding carboxylic acids is 3. The van der Waals surface area contributed by atoms with Gasteiger partial charge >= 0.3 is 12.1 Å². The maximum Gasteiger partial charge on any atom is 0.414 e. The van der Waals surface area contributed by atoms with Gasteiger partial charge in [0.25, 0.3) is 0 Å². The van der Waals surface area contributed by atoms with Crippen LogP contribution in [0.4, 0.5) is 10.5 Å². The Kier molecular flexibility index (Phi) is 5.21. The second kappa shape index (κ2) is 6.98. The predicted octanol–water partition coefficient (Wildman–Crippen LogP) is 2.59. The Balaban J connectivity index is 2.37. The van der Waals surface area contributed by atoms with Crippen LogP contribution >= 0.6 is 0 Å². The maximum atomic E-state index is 12.7. The van der Waals surface area contributed by atoms with Crippen LogP contribution < -0.4 is 4.90 Å². The van der Waals surface area contributed by atoms with Gasteiger partial charge in [0.2, 0.25) is 0 Å². The fourth-order valence-corrected chi connectivity index (χ4v) is 2.48. The molecule has 0 aliphatic carbocycles. The molecule has 0 spiro atoms. The van der Waals surface area contributed by atoms with Crippen molar-refractivity contribution in [1.82, 2.24) is 4.98 Å². The molecule has 1 unspecified atom stereocenters. The van der Waals surface area contributed by atoms with E-state index in [1.807, 2.05) is 0 Å². The lowest BCUT2D eigenvalue weighted by Crippen LogP contribution is -2.38. The van der Waals surface area contributed by atoms with Gasteiger partial charge in [0.05, 0.1) is 17.9 Å². The number of Topliss-reactive ketones (excluding diaryl/α,β-unsaturated/α-hetero) is 1. The largest absolute Gasteiger partial charge is 0.465 e. The monoisotopic (exact) mass is 334 g/mol.